The van der Waals surface area contributed by atoms with E-state index in [9.17, 15) is 4.79 Å². The summed E-state index contributed by atoms with van der Waals surface area (Å²) in [5.41, 5.74) is 2.12. The zero-order valence-electron chi connectivity index (χ0n) is 17.2. The smallest absolute Gasteiger partial charge is 0.357 e. The van der Waals surface area contributed by atoms with Gasteiger partial charge in [-0.3, -0.25) is 0 Å². The predicted molar refractivity (Wildman–Crippen MR) is 118 cm³/mol. The summed E-state index contributed by atoms with van der Waals surface area (Å²) in [4.78, 5) is 17.5. The van der Waals surface area contributed by atoms with Crippen LogP contribution in [0.3, 0.4) is 0 Å². The van der Waals surface area contributed by atoms with Gasteiger partial charge >= 0.3 is 5.97 Å². The molecule has 9 heteroatoms. The van der Waals surface area contributed by atoms with Crippen LogP contribution < -0.4 is 0 Å². The van der Waals surface area contributed by atoms with Crippen LogP contribution in [0.4, 0.5) is 0 Å². The second kappa shape index (κ2) is 9.15. The minimum atomic E-state index is -0.653. The molecule has 0 aliphatic heterocycles. The van der Waals surface area contributed by atoms with Crippen LogP contribution in [0.15, 0.2) is 94.2 Å². The minimum Gasteiger partial charge on any atom is -0.465 e. The molecule has 0 amide bonds. The van der Waals surface area contributed by atoms with Gasteiger partial charge in [-0.05, 0) is 34.7 Å². The molecule has 0 saturated carbocycles. The van der Waals surface area contributed by atoms with Crippen LogP contribution in [0.5, 0.6) is 0 Å². The van der Waals surface area contributed by atoms with Crippen molar-refractivity contribution in [2.45, 2.75) is 6.61 Å². The summed E-state index contributed by atoms with van der Waals surface area (Å²) in [6.07, 6.45) is 4.48. The van der Waals surface area contributed by atoms with Crippen molar-refractivity contribution in [3.05, 3.63) is 96.8 Å². The number of ether oxygens (including phenoxy) is 1. The largest absolute Gasteiger partial charge is 0.465 e. The third-order valence-corrected chi connectivity index (χ3v) is 4.68. The Morgan fingerprint density at radius 2 is 1.70 bits per heavy atom. The molecule has 0 aliphatic carbocycles. The van der Waals surface area contributed by atoms with E-state index in [0.717, 1.165) is 11.1 Å². The number of esters is 1. The highest BCUT2D eigenvalue weighted by molar-refractivity contribution is 6.15. The van der Waals surface area contributed by atoms with Crippen molar-refractivity contribution in [1.82, 2.24) is 25.2 Å². The van der Waals surface area contributed by atoms with Gasteiger partial charge in [0.1, 0.15) is 24.3 Å². The second-order valence-electron chi connectivity index (χ2n) is 6.91. The SMILES string of the molecule is O=C(OCc1coc(-c2ccccc2)n1)/C(=C/c1ccco1)n1nnnc1-c1ccccc1. The Hall–Kier alpha value is -4.79. The van der Waals surface area contributed by atoms with E-state index < -0.39 is 5.97 Å². The maximum absolute atomic E-state index is 13.1. The number of hydrogen-bond donors (Lipinski definition) is 0. The molecule has 0 fully saturated rings. The summed E-state index contributed by atoms with van der Waals surface area (Å²) < 4.78 is 17.7. The van der Waals surface area contributed by atoms with Gasteiger partial charge in [0.05, 0.1) is 6.26 Å². The third-order valence-electron chi connectivity index (χ3n) is 4.68. The van der Waals surface area contributed by atoms with Crippen LogP contribution in [0.2, 0.25) is 0 Å². The van der Waals surface area contributed by atoms with Gasteiger partial charge in [0.25, 0.3) is 0 Å². The van der Waals surface area contributed by atoms with Crippen LogP contribution >= 0.6 is 0 Å². The van der Waals surface area contributed by atoms with Gasteiger partial charge in [-0.2, -0.15) is 4.68 Å². The lowest BCUT2D eigenvalue weighted by atomic mass is 10.2. The highest BCUT2D eigenvalue weighted by atomic mass is 16.5. The highest BCUT2D eigenvalue weighted by Gasteiger charge is 2.22. The predicted octanol–water partition coefficient (Wildman–Crippen LogP) is 4.33. The van der Waals surface area contributed by atoms with Crippen molar-refractivity contribution in [2.24, 2.45) is 0 Å². The highest BCUT2D eigenvalue weighted by Crippen LogP contribution is 2.22. The molecule has 3 aromatic heterocycles. The average molecular weight is 439 g/mol. The molecule has 162 valence electrons. The van der Waals surface area contributed by atoms with Crippen LogP contribution in [0.25, 0.3) is 34.6 Å². The van der Waals surface area contributed by atoms with Crippen molar-refractivity contribution in [2.75, 3.05) is 0 Å². The van der Waals surface area contributed by atoms with E-state index in [2.05, 4.69) is 20.5 Å². The lowest BCUT2D eigenvalue weighted by molar-refractivity contribution is -0.138. The van der Waals surface area contributed by atoms with Crippen molar-refractivity contribution in [1.29, 1.82) is 0 Å². The Morgan fingerprint density at radius 3 is 2.42 bits per heavy atom. The third kappa shape index (κ3) is 4.47. The van der Waals surface area contributed by atoms with Crippen LogP contribution in [0.1, 0.15) is 11.5 Å². The van der Waals surface area contributed by atoms with Gasteiger partial charge in [0.2, 0.25) is 5.89 Å². The molecule has 2 aromatic carbocycles. The first-order valence-electron chi connectivity index (χ1n) is 10.0. The van der Waals surface area contributed by atoms with Crippen molar-refractivity contribution in [3.8, 4) is 22.8 Å². The number of benzene rings is 2. The second-order valence-corrected chi connectivity index (χ2v) is 6.91. The molecular weight excluding hydrogens is 422 g/mol. The Balaban J connectivity index is 1.40. The van der Waals surface area contributed by atoms with E-state index in [4.69, 9.17) is 13.6 Å². The van der Waals surface area contributed by atoms with Crippen molar-refractivity contribution in [3.63, 3.8) is 0 Å². The Kier molecular flexibility index (Phi) is 5.58. The maximum Gasteiger partial charge on any atom is 0.357 e. The first-order chi connectivity index (χ1) is 16.3. The fraction of sp³-hybridized carbons (Fsp3) is 0.0417. The summed E-state index contributed by atoms with van der Waals surface area (Å²) >= 11 is 0. The number of hydrogen-bond acceptors (Lipinski definition) is 8. The Morgan fingerprint density at radius 1 is 0.939 bits per heavy atom. The van der Waals surface area contributed by atoms with E-state index >= 15 is 0 Å². The molecule has 0 radical (unpaired) electrons. The molecule has 0 unspecified atom stereocenters. The maximum atomic E-state index is 13.1. The zero-order valence-corrected chi connectivity index (χ0v) is 17.2. The molecule has 0 spiro atoms. The quantitative estimate of drug-likeness (QED) is 0.272. The standard InChI is InChI=1S/C24H17N5O4/c30-24(33-16-19-15-32-23(25-19)18-10-5-2-6-11-18)21(14-20-12-7-13-31-20)29-22(26-27-28-29)17-8-3-1-4-9-17/h1-15H,16H2/b21-14-. The monoisotopic (exact) mass is 439 g/mol. The summed E-state index contributed by atoms with van der Waals surface area (Å²) in [7, 11) is 0. The fourth-order valence-electron chi connectivity index (χ4n) is 3.13. The molecule has 33 heavy (non-hydrogen) atoms. The van der Waals surface area contributed by atoms with Crippen molar-refractivity contribution >= 4 is 17.7 Å². The summed E-state index contributed by atoms with van der Waals surface area (Å²) in [6.45, 7) is -0.0898. The molecule has 0 bridgehead atoms. The van der Waals surface area contributed by atoms with Gasteiger partial charge in [-0.15, -0.1) is 5.10 Å². The summed E-state index contributed by atoms with van der Waals surface area (Å²) in [6, 6.07) is 22.2. The van der Waals surface area contributed by atoms with E-state index in [1.807, 2.05) is 60.7 Å². The minimum absolute atomic E-state index is 0.0839. The normalized spacial score (nSPS) is 11.5. The first-order valence-corrected chi connectivity index (χ1v) is 10.0. The van der Waals surface area contributed by atoms with E-state index in [-0.39, 0.29) is 12.3 Å². The Labute approximate surface area is 187 Å². The fourth-order valence-corrected chi connectivity index (χ4v) is 3.13. The number of tetrazole rings is 1. The molecule has 0 aliphatic rings. The van der Waals surface area contributed by atoms with Crippen molar-refractivity contribution < 1.29 is 18.4 Å². The molecule has 9 nitrogen and oxygen atoms in total. The molecule has 5 aromatic rings. The molecule has 5 rings (SSSR count). The molecule has 0 saturated heterocycles. The first kappa shape index (κ1) is 20.1. The average Bonchev–Trinajstić information content (AvgIpc) is 3.64. The molecule has 0 atom stereocenters. The van der Waals surface area contributed by atoms with Gasteiger partial charge < -0.3 is 13.6 Å². The van der Waals surface area contributed by atoms with Crippen LogP contribution in [-0.2, 0) is 16.1 Å². The number of rotatable bonds is 7. The van der Waals surface area contributed by atoms with Gasteiger partial charge in [0.15, 0.2) is 11.5 Å². The number of oxazole rings is 1. The number of nitrogens with zero attached hydrogens (tertiary/aromatic N) is 5. The van der Waals surface area contributed by atoms with Gasteiger partial charge in [-0.1, -0.05) is 48.5 Å². The van der Waals surface area contributed by atoms with Crippen LogP contribution in [0, 0.1) is 0 Å². The molecule has 3 heterocycles. The summed E-state index contributed by atoms with van der Waals surface area (Å²) in [5, 5.41) is 11.8. The number of furan rings is 1. The van der Waals surface area contributed by atoms with E-state index in [1.54, 1.807) is 12.1 Å². The molecular formula is C24H17N5O4. The van der Waals surface area contributed by atoms with E-state index in [1.165, 1.54) is 23.3 Å². The lowest BCUT2D eigenvalue weighted by Crippen LogP contribution is -2.15. The Bertz CT molecular complexity index is 1370. The lowest BCUT2D eigenvalue weighted by Gasteiger charge is -2.09. The van der Waals surface area contributed by atoms with Gasteiger partial charge in [0, 0.05) is 17.2 Å². The number of aromatic nitrogens is 5. The topological polar surface area (TPSA) is 109 Å². The zero-order chi connectivity index (χ0) is 22.5. The summed E-state index contributed by atoms with van der Waals surface area (Å²) in [5.74, 6) is 0.627. The molecule has 0 N–H and O–H groups in total. The number of carbonyl (C=O) groups excluding carboxylic acids is 1. The van der Waals surface area contributed by atoms with Gasteiger partial charge in [-0.25, -0.2) is 9.78 Å². The van der Waals surface area contributed by atoms with E-state index in [0.29, 0.717) is 23.2 Å². The number of carbonyl (C=O) groups is 1. The van der Waals surface area contributed by atoms with Crippen LogP contribution in [-0.4, -0.2) is 31.2 Å².